The third kappa shape index (κ3) is 3.15. The third-order valence-electron chi connectivity index (χ3n) is 2.78. The number of hydrogen-bond acceptors (Lipinski definition) is 3. The normalized spacial score (nSPS) is 12.6. The van der Waals surface area contributed by atoms with Crippen molar-refractivity contribution in [3.8, 4) is 0 Å². The fourth-order valence-corrected chi connectivity index (χ4v) is 3.19. The number of hydrogen-bond donors (Lipinski definition) is 1. The van der Waals surface area contributed by atoms with Gasteiger partial charge in [0.05, 0.1) is 10.7 Å². The van der Waals surface area contributed by atoms with Crippen molar-refractivity contribution < 1.29 is 0 Å². The first kappa shape index (κ1) is 13.2. The van der Waals surface area contributed by atoms with Crippen molar-refractivity contribution in [3.63, 3.8) is 0 Å². The molecule has 3 nitrogen and oxygen atoms in total. The molecule has 1 heterocycles. The molecule has 1 aromatic heterocycles. The van der Waals surface area contributed by atoms with Gasteiger partial charge in [-0.2, -0.15) is 5.10 Å². The van der Waals surface area contributed by atoms with Gasteiger partial charge in [0.2, 0.25) is 0 Å². The summed E-state index contributed by atoms with van der Waals surface area (Å²) >= 11 is 1.85. The van der Waals surface area contributed by atoms with Crippen LogP contribution in [0.4, 0.5) is 0 Å². The minimum atomic E-state index is 0.408. The lowest BCUT2D eigenvalue weighted by Crippen LogP contribution is -2.15. The summed E-state index contributed by atoms with van der Waals surface area (Å²) in [5.41, 5.74) is 2.41. The van der Waals surface area contributed by atoms with E-state index in [1.807, 2.05) is 37.5 Å². The van der Waals surface area contributed by atoms with Crippen LogP contribution < -0.4 is 5.32 Å². The Hall–Kier alpha value is -1.26. The van der Waals surface area contributed by atoms with Gasteiger partial charge in [0.1, 0.15) is 0 Å². The molecular weight excluding hydrogens is 242 g/mol. The highest BCUT2D eigenvalue weighted by molar-refractivity contribution is 7.99. The highest BCUT2D eigenvalue weighted by Crippen LogP contribution is 2.34. The van der Waals surface area contributed by atoms with Crippen LogP contribution >= 0.6 is 11.8 Å². The van der Waals surface area contributed by atoms with Crippen molar-refractivity contribution in [2.45, 2.75) is 17.2 Å². The van der Waals surface area contributed by atoms with Crippen LogP contribution in [-0.4, -0.2) is 23.4 Å². The Morgan fingerprint density at radius 3 is 2.61 bits per heavy atom. The predicted molar refractivity (Wildman–Crippen MR) is 76.9 cm³/mol. The van der Waals surface area contributed by atoms with Gasteiger partial charge in [-0.05, 0) is 25.6 Å². The lowest BCUT2D eigenvalue weighted by molar-refractivity contribution is 0.688. The van der Waals surface area contributed by atoms with E-state index in [9.17, 15) is 0 Å². The molecule has 1 atom stereocenters. The van der Waals surface area contributed by atoms with E-state index in [1.165, 1.54) is 10.6 Å². The van der Waals surface area contributed by atoms with E-state index in [2.05, 4.69) is 46.8 Å². The fraction of sp³-hybridized carbons (Fsp3) is 0.357. The van der Waals surface area contributed by atoms with Gasteiger partial charge in [0, 0.05) is 18.8 Å². The summed E-state index contributed by atoms with van der Waals surface area (Å²) in [7, 11) is 3.99. The molecule has 0 spiro atoms. The standard InChI is InChI=1S/C14H19N3S/c1-11-9-14(17(3)16-11)18-13(10-15-2)12-7-5-4-6-8-12/h4-9,13,15H,10H2,1-3H3. The summed E-state index contributed by atoms with van der Waals surface area (Å²) in [6, 6.07) is 12.7. The van der Waals surface area contributed by atoms with E-state index in [-0.39, 0.29) is 0 Å². The predicted octanol–water partition coefficient (Wildman–Crippen LogP) is 2.78. The number of likely N-dealkylation sites (N-methyl/N-ethyl adjacent to an activating group) is 1. The van der Waals surface area contributed by atoms with E-state index < -0.39 is 0 Å². The zero-order valence-electron chi connectivity index (χ0n) is 11.1. The molecule has 96 valence electrons. The summed E-state index contributed by atoms with van der Waals surface area (Å²) in [6.45, 7) is 2.97. The van der Waals surface area contributed by atoms with Crippen molar-refractivity contribution >= 4 is 11.8 Å². The average Bonchev–Trinajstić information content (AvgIpc) is 2.68. The molecule has 0 aliphatic rings. The second kappa shape index (κ2) is 6.07. The molecule has 0 fully saturated rings. The van der Waals surface area contributed by atoms with Crippen LogP contribution in [0, 0.1) is 6.92 Å². The Kier molecular flexibility index (Phi) is 4.44. The first-order valence-corrected chi connectivity index (χ1v) is 6.95. The van der Waals surface area contributed by atoms with Gasteiger partial charge in [-0.1, -0.05) is 42.1 Å². The molecule has 0 saturated carbocycles. The van der Waals surface area contributed by atoms with Crippen molar-refractivity contribution in [2.75, 3.05) is 13.6 Å². The molecule has 0 bridgehead atoms. The molecule has 0 aliphatic heterocycles. The number of aromatic nitrogens is 2. The fourth-order valence-electron chi connectivity index (χ4n) is 1.92. The molecule has 0 saturated heterocycles. The number of nitrogens with zero attached hydrogens (tertiary/aromatic N) is 2. The molecule has 1 N–H and O–H groups in total. The number of aryl methyl sites for hydroxylation is 2. The van der Waals surface area contributed by atoms with E-state index in [4.69, 9.17) is 0 Å². The van der Waals surface area contributed by atoms with Crippen LogP contribution in [0.1, 0.15) is 16.5 Å². The summed E-state index contributed by atoms with van der Waals surface area (Å²) in [5.74, 6) is 0. The van der Waals surface area contributed by atoms with E-state index in [0.717, 1.165) is 12.2 Å². The van der Waals surface area contributed by atoms with Gasteiger partial charge in [-0.3, -0.25) is 4.68 Å². The maximum absolute atomic E-state index is 4.39. The quantitative estimate of drug-likeness (QED) is 0.839. The van der Waals surface area contributed by atoms with Crippen LogP contribution in [0.25, 0.3) is 0 Å². The van der Waals surface area contributed by atoms with Crippen LogP contribution in [0.5, 0.6) is 0 Å². The maximum atomic E-state index is 4.39. The van der Waals surface area contributed by atoms with Gasteiger partial charge in [-0.15, -0.1) is 0 Å². The van der Waals surface area contributed by atoms with Crippen molar-refractivity contribution in [1.82, 2.24) is 15.1 Å². The third-order valence-corrected chi connectivity index (χ3v) is 4.13. The van der Waals surface area contributed by atoms with E-state index in [0.29, 0.717) is 5.25 Å². The van der Waals surface area contributed by atoms with Crippen LogP contribution in [0.15, 0.2) is 41.4 Å². The van der Waals surface area contributed by atoms with Crippen molar-refractivity contribution in [1.29, 1.82) is 0 Å². The average molecular weight is 261 g/mol. The van der Waals surface area contributed by atoms with Gasteiger partial charge < -0.3 is 5.32 Å². The van der Waals surface area contributed by atoms with Gasteiger partial charge in [0.15, 0.2) is 0 Å². The Morgan fingerprint density at radius 1 is 1.33 bits per heavy atom. The summed E-state index contributed by atoms with van der Waals surface area (Å²) in [6.07, 6.45) is 0. The molecule has 1 unspecified atom stereocenters. The highest BCUT2D eigenvalue weighted by atomic mass is 32.2. The summed E-state index contributed by atoms with van der Waals surface area (Å²) < 4.78 is 1.95. The van der Waals surface area contributed by atoms with E-state index >= 15 is 0 Å². The van der Waals surface area contributed by atoms with Gasteiger partial charge in [0.25, 0.3) is 0 Å². The molecule has 4 heteroatoms. The smallest absolute Gasteiger partial charge is 0.0945 e. The van der Waals surface area contributed by atoms with Gasteiger partial charge >= 0.3 is 0 Å². The minimum absolute atomic E-state index is 0.408. The monoisotopic (exact) mass is 261 g/mol. The zero-order valence-corrected chi connectivity index (χ0v) is 11.9. The molecule has 1 aromatic carbocycles. The maximum Gasteiger partial charge on any atom is 0.0945 e. The Bertz CT molecular complexity index is 493. The Balaban J connectivity index is 2.19. The molecular formula is C14H19N3S. The Labute approximate surface area is 113 Å². The first-order chi connectivity index (χ1) is 8.70. The highest BCUT2D eigenvalue weighted by Gasteiger charge is 2.14. The second-order valence-electron chi connectivity index (χ2n) is 4.32. The van der Waals surface area contributed by atoms with Crippen LogP contribution in [-0.2, 0) is 7.05 Å². The number of nitrogens with one attached hydrogen (secondary N) is 1. The Morgan fingerprint density at radius 2 is 2.06 bits per heavy atom. The summed E-state index contributed by atoms with van der Waals surface area (Å²) in [4.78, 5) is 0. The first-order valence-electron chi connectivity index (χ1n) is 6.07. The second-order valence-corrected chi connectivity index (χ2v) is 5.55. The number of thioether (sulfide) groups is 1. The molecule has 0 amide bonds. The molecule has 2 rings (SSSR count). The lowest BCUT2D eigenvalue weighted by Gasteiger charge is -2.16. The lowest BCUT2D eigenvalue weighted by atomic mass is 10.1. The van der Waals surface area contributed by atoms with Crippen molar-refractivity contribution in [3.05, 3.63) is 47.7 Å². The molecule has 0 aliphatic carbocycles. The number of benzene rings is 1. The minimum Gasteiger partial charge on any atom is -0.318 e. The van der Waals surface area contributed by atoms with Crippen LogP contribution in [0.3, 0.4) is 0 Å². The number of rotatable bonds is 5. The summed E-state index contributed by atoms with van der Waals surface area (Å²) in [5, 5.41) is 9.27. The molecule has 2 aromatic rings. The SMILES string of the molecule is CNCC(Sc1cc(C)nn1C)c1ccccc1. The molecule has 18 heavy (non-hydrogen) atoms. The van der Waals surface area contributed by atoms with E-state index in [1.54, 1.807) is 0 Å². The van der Waals surface area contributed by atoms with Gasteiger partial charge in [-0.25, -0.2) is 0 Å². The topological polar surface area (TPSA) is 29.9 Å². The largest absolute Gasteiger partial charge is 0.318 e. The molecule has 0 radical (unpaired) electrons. The van der Waals surface area contributed by atoms with Crippen molar-refractivity contribution in [2.24, 2.45) is 7.05 Å². The van der Waals surface area contributed by atoms with Crippen LogP contribution in [0.2, 0.25) is 0 Å². The zero-order chi connectivity index (χ0) is 13.0.